The van der Waals surface area contributed by atoms with Gasteiger partial charge in [0.05, 0.1) is 25.0 Å². The Labute approximate surface area is 192 Å². The molecule has 4 rings (SSSR count). The van der Waals surface area contributed by atoms with Crippen LogP contribution in [0.15, 0.2) is 66.0 Å². The number of hydrogen-bond acceptors (Lipinski definition) is 5. The lowest BCUT2D eigenvalue weighted by Crippen LogP contribution is -2.44. The van der Waals surface area contributed by atoms with Crippen LogP contribution in [0.5, 0.6) is 5.75 Å². The van der Waals surface area contributed by atoms with E-state index in [9.17, 15) is 9.59 Å². The van der Waals surface area contributed by atoms with Gasteiger partial charge < -0.3 is 15.0 Å². The molecule has 3 aromatic rings. The van der Waals surface area contributed by atoms with Crippen molar-refractivity contribution < 1.29 is 14.3 Å². The Hall–Kier alpha value is -3.16. The number of fused-ring (bicyclic) bond motifs is 1. The molecule has 1 atom stereocenters. The molecule has 2 aromatic carbocycles. The second-order valence-corrected chi connectivity index (χ2v) is 8.95. The van der Waals surface area contributed by atoms with Crippen molar-refractivity contribution in [3.05, 3.63) is 76.5 Å². The highest BCUT2D eigenvalue weighted by molar-refractivity contribution is 7.09. The second kappa shape index (κ2) is 9.97. The molecule has 0 radical (unpaired) electrons. The molecule has 2 heterocycles. The first kappa shape index (κ1) is 22.0. The molecule has 7 heteroatoms. The fourth-order valence-electron chi connectivity index (χ4n) is 4.10. The van der Waals surface area contributed by atoms with E-state index in [4.69, 9.17) is 4.74 Å². The molecule has 0 saturated carbocycles. The fourth-order valence-corrected chi connectivity index (χ4v) is 4.85. The van der Waals surface area contributed by atoms with Crippen LogP contribution in [0.4, 0.5) is 11.4 Å². The fraction of sp³-hybridized carbons (Fsp3) is 0.280. The summed E-state index contributed by atoms with van der Waals surface area (Å²) in [6, 6.07) is 19.2. The zero-order chi connectivity index (χ0) is 22.5. The molecule has 32 heavy (non-hydrogen) atoms. The third-order valence-corrected chi connectivity index (χ3v) is 6.39. The maximum atomic E-state index is 13.6. The van der Waals surface area contributed by atoms with Crippen LogP contribution in [-0.4, -0.2) is 36.4 Å². The summed E-state index contributed by atoms with van der Waals surface area (Å²) in [7, 11) is 1.66. The maximum absolute atomic E-state index is 13.6. The summed E-state index contributed by atoms with van der Waals surface area (Å²) >= 11 is 1.67. The van der Waals surface area contributed by atoms with Gasteiger partial charge in [-0.05, 0) is 36.6 Å². The van der Waals surface area contributed by atoms with Crippen LogP contribution in [-0.2, 0) is 22.7 Å². The van der Waals surface area contributed by atoms with Gasteiger partial charge >= 0.3 is 0 Å². The number of carbonyl (C=O) groups excluding carboxylic acids is 2. The number of rotatable bonds is 7. The SMILES string of the molecule is COc1ccccc1CN(CC(=O)N1c2ccccc2NC(=O)CC1C)Cc1cccs1. The molecular weight excluding hydrogens is 422 g/mol. The van der Waals surface area contributed by atoms with E-state index >= 15 is 0 Å². The third kappa shape index (κ3) is 5.00. The summed E-state index contributed by atoms with van der Waals surface area (Å²) in [6.07, 6.45) is 0.262. The molecule has 1 unspecified atom stereocenters. The van der Waals surface area contributed by atoms with Crippen molar-refractivity contribution in [1.29, 1.82) is 0 Å². The Bertz CT molecular complexity index is 1080. The van der Waals surface area contributed by atoms with Crippen LogP contribution in [0.25, 0.3) is 0 Å². The van der Waals surface area contributed by atoms with Crippen molar-refractivity contribution in [3.8, 4) is 5.75 Å². The largest absolute Gasteiger partial charge is 0.496 e. The summed E-state index contributed by atoms with van der Waals surface area (Å²) in [5.74, 6) is 0.692. The van der Waals surface area contributed by atoms with E-state index in [-0.39, 0.29) is 30.8 Å². The van der Waals surface area contributed by atoms with Crippen molar-refractivity contribution >= 4 is 34.5 Å². The van der Waals surface area contributed by atoms with Gasteiger partial charge in [0.15, 0.2) is 0 Å². The minimum atomic E-state index is -0.235. The number of thiophene rings is 1. The van der Waals surface area contributed by atoms with Gasteiger partial charge in [-0.25, -0.2) is 0 Å². The molecule has 166 valence electrons. The van der Waals surface area contributed by atoms with Crippen molar-refractivity contribution in [3.63, 3.8) is 0 Å². The molecule has 0 saturated heterocycles. The average Bonchev–Trinajstić information content (AvgIpc) is 3.23. The number of methoxy groups -OCH3 is 1. The van der Waals surface area contributed by atoms with E-state index in [1.54, 1.807) is 23.3 Å². The summed E-state index contributed by atoms with van der Waals surface area (Å²) in [5, 5.41) is 4.97. The molecule has 1 N–H and O–H groups in total. The van der Waals surface area contributed by atoms with Gasteiger partial charge in [-0.3, -0.25) is 14.5 Å². The number of carbonyl (C=O) groups is 2. The Morgan fingerprint density at radius 3 is 2.69 bits per heavy atom. The van der Waals surface area contributed by atoms with E-state index in [1.807, 2.05) is 66.9 Å². The van der Waals surface area contributed by atoms with Crippen molar-refractivity contribution in [1.82, 2.24) is 4.90 Å². The summed E-state index contributed by atoms with van der Waals surface area (Å²) in [6.45, 7) is 3.38. The number of hydrogen-bond donors (Lipinski definition) is 1. The lowest BCUT2D eigenvalue weighted by Gasteiger charge is -2.31. The molecule has 0 fully saturated rings. The van der Waals surface area contributed by atoms with Crippen molar-refractivity contribution in [2.75, 3.05) is 23.9 Å². The first-order valence-corrected chi connectivity index (χ1v) is 11.5. The number of benzene rings is 2. The quantitative estimate of drug-likeness (QED) is 0.576. The van der Waals surface area contributed by atoms with E-state index in [0.29, 0.717) is 18.8 Å². The highest BCUT2D eigenvalue weighted by Crippen LogP contribution is 2.31. The zero-order valence-electron chi connectivity index (χ0n) is 18.3. The van der Waals surface area contributed by atoms with Crippen LogP contribution in [0, 0.1) is 0 Å². The van der Waals surface area contributed by atoms with Crippen molar-refractivity contribution in [2.24, 2.45) is 0 Å². The normalized spacial score (nSPS) is 15.8. The Morgan fingerprint density at radius 1 is 1.12 bits per heavy atom. The third-order valence-electron chi connectivity index (χ3n) is 5.53. The lowest BCUT2D eigenvalue weighted by atomic mass is 10.1. The number of ether oxygens (including phenoxy) is 1. The lowest BCUT2D eigenvalue weighted by molar-refractivity contribution is -0.120. The topological polar surface area (TPSA) is 61.9 Å². The number of para-hydroxylation sites is 3. The Balaban J connectivity index is 1.61. The highest BCUT2D eigenvalue weighted by Gasteiger charge is 2.30. The minimum Gasteiger partial charge on any atom is -0.496 e. The molecule has 0 spiro atoms. The summed E-state index contributed by atoms with van der Waals surface area (Å²) in [4.78, 5) is 31.0. The second-order valence-electron chi connectivity index (χ2n) is 7.92. The van der Waals surface area contributed by atoms with Gasteiger partial charge in [0.25, 0.3) is 0 Å². The molecule has 0 aliphatic carbocycles. The average molecular weight is 450 g/mol. The van der Waals surface area contributed by atoms with Gasteiger partial charge in [-0.15, -0.1) is 11.3 Å². The Morgan fingerprint density at radius 2 is 1.91 bits per heavy atom. The predicted octanol–water partition coefficient (Wildman–Crippen LogP) is 4.52. The molecular formula is C25H27N3O3S. The minimum absolute atomic E-state index is 0.0343. The van der Waals surface area contributed by atoms with Crippen LogP contribution in [0.3, 0.4) is 0 Å². The molecule has 2 amide bonds. The van der Waals surface area contributed by atoms with Crippen LogP contribution < -0.4 is 15.0 Å². The van der Waals surface area contributed by atoms with Gasteiger partial charge in [0.1, 0.15) is 5.75 Å². The van der Waals surface area contributed by atoms with Crippen LogP contribution in [0.1, 0.15) is 23.8 Å². The number of anilines is 2. The van der Waals surface area contributed by atoms with E-state index in [2.05, 4.69) is 16.3 Å². The summed E-state index contributed by atoms with van der Waals surface area (Å²) < 4.78 is 5.53. The molecule has 1 aliphatic heterocycles. The molecule has 1 aromatic heterocycles. The smallest absolute Gasteiger partial charge is 0.241 e. The van der Waals surface area contributed by atoms with Crippen LogP contribution in [0.2, 0.25) is 0 Å². The standard InChI is InChI=1S/C25H27N3O3S/c1-18-14-24(29)26-21-10-4-5-11-22(21)28(18)25(30)17-27(16-20-9-7-13-32-20)15-19-8-3-6-12-23(19)31-2/h3-13,18H,14-17H2,1-2H3,(H,26,29). The van der Waals surface area contributed by atoms with Gasteiger partial charge in [0, 0.05) is 36.0 Å². The zero-order valence-corrected chi connectivity index (χ0v) is 19.1. The van der Waals surface area contributed by atoms with Crippen LogP contribution >= 0.6 is 11.3 Å². The molecule has 6 nitrogen and oxygen atoms in total. The van der Waals surface area contributed by atoms with Gasteiger partial charge in [-0.2, -0.15) is 0 Å². The van der Waals surface area contributed by atoms with E-state index < -0.39 is 0 Å². The van der Waals surface area contributed by atoms with Gasteiger partial charge in [0.2, 0.25) is 11.8 Å². The van der Waals surface area contributed by atoms with E-state index in [0.717, 1.165) is 17.0 Å². The number of nitrogens with one attached hydrogen (secondary N) is 1. The van der Waals surface area contributed by atoms with Gasteiger partial charge in [-0.1, -0.05) is 36.4 Å². The molecule has 0 bridgehead atoms. The maximum Gasteiger partial charge on any atom is 0.241 e. The Kier molecular flexibility index (Phi) is 6.87. The first-order valence-electron chi connectivity index (χ1n) is 10.6. The summed E-state index contributed by atoms with van der Waals surface area (Å²) in [5.41, 5.74) is 2.44. The monoisotopic (exact) mass is 449 g/mol. The van der Waals surface area contributed by atoms with Crippen molar-refractivity contribution in [2.45, 2.75) is 32.5 Å². The number of nitrogens with zero attached hydrogens (tertiary/aromatic N) is 2. The first-order chi connectivity index (χ1) is 15.5. The molecule has 1 aliphatic rings. The highest BCUT2D eigenvalue weighted by atomic mass is 32.1. The number of amides is 2. The van der Waals surface area contributed by atoms with E-state index in [1.165, 1.54) is 4.88 Å². The predicted molar refractivity (Wildman–Crippen MR) is 128 cm³/mol.